The van der Waals surface area contributed by atoms with Gasteiger partial charge in [-0.25, -0.2) is 4.39 Å². The Hall–Kier alpha value is -2.58. The number of nitrogens with one attached hydrogen (secondary N) is 1. The SMILES string of the molecule is O=C(CCc1nc(-c2cccs2)no1)N1CCNCC1c1cccc(F)c1. The van der Waals surface area contributed by atoms with Crippen LogP contribution in [0.5, 0.6) is 0 Å². The van der Waals surface area contributed by atoms with Crippen molar-refractivity contribution in [1.82, 2.24) is 20.4 Å². The third kappa shape index (κ3) is 4.06. The Bertz CT molecular complexity index is 912. The minimum atomic E-state index is -0.294. The van der Waals surface area contributed by atoms with Crippen LogP contribution in [-0.2, 0) is 11.2 Å². The van der Waals surface area contributed by atoms with Crippen molar-refractivity contribution in [3.05, 3.63) is 59.0 Å². The largest absolute Gasteiger partial charge is 0.339 e. The van der Waals surface area contributed by atoms with Gasteiger partial charge in [0.2, 0.25) is 17.6 Å². The molecule has 2 aromatic heterocycles. The van der Waals surface area contributed by atoms with E-state index in [1.165, 1.54) is 23.5 Å². The number of amides is 1. The van der Waals surface area contributed by atoms with Crippen molar-refractivity contribution in [2.24, 2.45) is 0 Å². The summed E-state index contributed by atoms with van der Waals surface area (Å²) in [7, 11) is 0. The lowest BCUT2D eigenvalue weighted by atomic mass is 10.0. The minimum absolute atomic E-state index is 0.00151. The fourth-order valence-corrected chi connectivity index (χ4v) is 3.88. The predicted molar refractivity (Wildman–Crippen MR) is 99.7 cm³/mol. The number of benzene rings is 1. The van der Waals surface area contributed by atoms with Crippen LogP contribution in [-0.4, -0.2) is 40.6 Å². The van der Waals surface area contributed by atoms with Gasteiger partial charge in [-0.05, 0) is 29.1 Å². The van der Waals surface area contributed by atoms with Gasteiger partial charge in [0, 0.05) is 32.5 Å². The van der Waals surface area contributed by atoms with Gasteiger partial charge in [0.05, 0.1) is 10.9 Å². The standard InChI is InChI=1S/C19H19FN4O2S/c20-14-4-1-3-13(11-14)15-12-21-8-9-24(15)18(25)7-6-17-22-19(23-26-17)16-5-2-10-27-16/h1-5,10-11,15,21H,6-9,12H2. The molecule has 1 aliphatic rings. The van der Waals surface area contributed by atoms with E-state index in [2.05, 4.69) is 15.5 Å². The van der Waals surface area contributed by atoms with Gasteiger partial charge < -0.3 is 14.7 Å². The number of piperazine rings is 1. The molecule has 27 heavy (non-hydrogen) atoms. The number of carbonyl (C=O) groups excluding carboxylic acids is 1. The first-order valence-electron chi connectivity index (χ1n) is 8.83. The maximum absolute atomic E-state index is 13.6. The first-order chi connectivity index (χ1) is 13.2. The number of carbonyl (C=O) groups is 1. The normalized spacial score (nSPS) is 17.2. The molecule has 140 valence electrons. The molecule has 6 nitrogen and oxygen atoms in total. The molecule has 1 fully saturated rings. The second-order valence-electron chi connectivity index (χ2n) is 6.35. The van der Waals surface area contributed by atoms with Crippen molar-refractivity contribution in [3.63, 3.8) is 0 Å². The number of hydrogen-bond acceptors (Lipinski definition) is 6. The summed E-state index contributed by atoms with van der Waals surface area (Å²) < 4.78 is 18.9. The van der Waals surface area contributed by atoms with Gasteiger partial charge in [0.15, 0.2) is 0 Å². The van der Waals surface area contributed by atoms with Gasteiger partial charge in [0.1, 0.15) is 5.82 Å². The zero-order valence-corrected chi connectivity index (χ0v) is 15.4. The Balaban J connectivity index is 1.42. The van der Waals surface area contributed by atoms with E-state index in [0.29, 0.717) is 31.2 Å². The molecular weight excluding hydrogens is 367 g/mol. The Labute approximate surface area is 160 Å². The second kappa shape index (κ2) is 7.98. The summed E-state index contributed by atoms with van der Waals surface area (Å²) in [6.07, 6.45) is 0.662. The summed E-state index contributed by atoms with van der Waals surface area (Å²) in [5.74, 6) is 0.704. The second-order valence-corrected chi connectivity index (χ2v) is 7.30. The maximum Gasteiger partial charge on any atom is 0.227 e. The van der Waals surface area contributed by atoms with E-state index in [9.17, 15) is 9.18 Å². The van der Waals surface area contributed by atoms with E-state index in [0.717, 1.165) is 17.0 Å². The fraction of sp³-hybridized carbons (Fsp3) is 0.316. The van der Waals surface area contributed by atoms with E-state index in [1.807, 2.05) is 28.5 Å². The van der Waals surface area contributed by atoms with E-state index >= 15 is 0 Å². The van der Waals surface area contributed by atoms with Crippen LogP contribution >= 0.6 is 11.3 Å². The molecule has 1 atom stereocenters. The Morgan fingerprint density at radius 2 is 2.30 bits per heavy atom. The molecule has 1 amide bonds. The number of nitrogens with zero attached hydrogens (tertiary/aromatic N) is 3. The minimum Gasteiger partial charge on any atom is -0.339 e. The average Bonchev–Trinajstić information content (AvgIpc) is 3.38. The molecule has 0 spiro atoms. The highest BCUT2D eigenvalue weighted by molar-refractivity contribution is 7.13. The summed E-state index contributed by atoms with van der Waals surface area (Å²) in [6, 6.07) is 10.1. The first-order valence-corrected chi connectivity index (χ1v) is 9.71. The number of aryl methyl sites for hydroxylation is 1. The van der Waals surface area contributed by atoms with Crippen LogP contribution < -0.4 is 5.32 Å². The van der Waals surface area contributed by atoms with Crippen LogP contribution in [0.15, 0.2) is 46.3 Å². The average molecular weight is 386 g/mol. The molecule has 0 radical (unpaired) electrons. The molecule has 3 heterocycles. The van der Waals surface area contributed by atoms with E-state index in [-0.39, 0.29) is 24.2 Å². The van der Waals surface area contributed by atoms with Crippen LogP contribution in [0, 0.1) is 5.82 Å². The zero-order valence-electron chi connectivity index (χ0n) is 14.6. The summed E-state index contributed by atoms with van der Waals surface area (Å²) in [5, 5.41) is 9.19. The maximum atomic E-state index is 13.6. The van der Waals surface area contributed by atoms with Crippen molar-refractivity contribution in [3.8, 4) is 10.7 Å². The number of halogens is 1. The van der Waals surface area contributed by atoms with Gasteiger partial charge >= 0.3 is 0 Å². The van der Waals surface area contributed by atoms with Crippen LogP contribution in [0.1, 0.15) is 23.9 Å². The molecule has 1 N–H and O–H groups in total. The monoisotopic (exact) mass is 386 g/mol. The zero-order chi connectivity index (χ0) is 18.6. The summed E-state index contributed by atoms with van der Waals surface area (Å²) in [5.41, 5.74) is 0.799. The van der Waals surface area contributed by atoms with Gasteiger partial charge in [-0.2, -0.15) is 4.98 Å². The Morgan fingerprint density at radius 3 is 3.11 bits per heavy atom. The Kier molecular flexibility index (Phi) is 5.26. The molecular formula is C19H19FN4O2S. The third-order valence-electron chi connectivity index (χ3n) is 4.56. The van der Waals surface area contributed by atoms with Gasteiger partial charge in [-0.1, -0.05) is 23.4 Å². The molecule has 0 bridgehead atoms. The number of aromatic nitrogens is 2. The van der Waals surface area contributed by atoms with Gasteiger partial charge in [0.25, 0.3) is 0 Å². The lowest BCUT2D eigenvalue weighted by Crippen LogP contribution is -2.48. The smallest absolute Gasteiger partial charge is 0.227 e. The van der Waals surface area contributed by atoms with Crippen LogP contribution in [0.4, 0.5) is 4.39 Å². The van der Waals surface area contributed by atoms with E-state index < -0.39 is 0 Å². The molecule has 0 saturated carbocycles. The predicted octanol–water partition coefficient (Wildman–Crippen LogP) is 3.04. The van der Waals surface area contributed by atoms with Crippen LogP contribution in [0.25, 0.3) is 10.7 Å². The van der Waals surface area contributed by atoms with Gasteiger partial charge in [-0.3, -0.25) is 4.79 Å². The molecule has 1 saturated heterocycles. The van der Waals surface area contributed by atoms with E-state index in [4.69, 9.17) is 4.52 Å². The molecule has 1 aromatic carbocycles. The molecule has 0 aliphatic carbocycles. The number of thiophene rings is 1. The van der Waals surface area contributed by atoms with Crippen molar-refractivity contribution in [2.75, 3.05) is 19.6 Å². The van der Waals surface area contributed by atoms with Crippen molar-refractivity contribution >= 4 is 17.2 Å². The fourth-order valence-electron chi connectivity index (χ4n) is 3.23. The summed E-state index contributed by atoms with van der Waals surface area (Å²) in [4.78, 5) is 19.9. The molecule has 1 aliphatic heterocycles. The van der Waals surface area contributed by atoms with E-state index in [1.54, 1.807) is 6.07 Å². The third-order valence-corrected chi connectivity index (χ3v) is 5.43. The quantitative estimate of drug-likeness (QED) is 0.730. The van der Waals surface area contributed by atoms with Crippen molar-refractivity contribution in [1.29, 1.82) is 0 Å². The van der Waals surface area contributed by atoms with Crippen LogP contribution in [0.2, 0.25) is 0 Å². The van der Waals surface area contributed by atoms with Crippen molar-refractivity contribution in [2.45, 2.75) is 18.9 Å². The highest BCUT2D eigenvalue weighted by atomic mass is 32.1. The molecule has 3 aromatic rings. The molecule has 1 unspecified atom stereocenters. The van der Waals surface area contributed by atoms with Crippen molar-refractivity contribution < 1.29 is 13.7 Å². The van der Waals surface area contributed by atoms with Crippen LogP contribution in [0.3, 0.4) is 0 Å². The topological polar surface area (TPSA) is 71.3 Å². The number of hydrogen-bond donors (Lipinski definition) is 1. The number of rotatable bonds is 5. The highest BCUT2D eigenvalue weighted by Crippen LogP contribution is 2.25. The lowest BCUT2D eigenvalue weighted by Gasteiger charge is -2.36. The Morgan fingerprint density at radius 1 is 1.37 bits per heavy atom. The molecule has 8 heteroatoms. The van der Waals surface area contributed by atoms with Gasteiger partial charge in [-0.15, -0.1) is 11.3 Å². The first kappa shape index (κ1) is 17.8. The molecule has 4 rings (SSSR count). The summed E-state index contributed by atoms with van der Waals surface area (Å²) >= 11 is 1.54. The summed E-state index contributed by atoms with van der Waals surface area (Å²) in [6.45, 7) is 1.92. The highest BCUT2D eigenvalue weighted by Gasteiger charge is 2.28. The lowest BCUT2D eigenvalue weighted by molar-refractivity contribution is -0.134.